The molecule has 14 nitrogen and oxygen atoms in total. The van der Waals surface area contributed by atoms with Crippen LogP contribution in [-0.2, 0) is 30.4 Å². The maximum atomic E-state index is 13.6. The molecule has 6 heterocycles. The van der Waals surface area contributed by atoms with Crippen molar-refractivity contribution in [2.24, 2.45) is 14.1 Å². The molecule has 17 heteroatoms. The lowest BCUT2D eigenvalue weighted by Gasteiger charge is -2.32. The predicted molar refractivity (Wildman–Crippen MR) is 245 cm³/mol. The first-order valence-corrected chi connectivity index (χ1v) is 23.4. The SMILES string of the molecule is Cn1c(=O)c(-c2cc(CCCCS(=O)(=O)CCN3CCC(Nc4ncc5cc(-c6ccccc6Cl)c(=O)n(C)c5n4)CC3)ccc2Cl)cc2cnc(NC3CCNCC3)nc21. The number of unbranched alkanes of at least 4 members (excludes halogenated alkanes) is 1. The standard InChI is InChI=1S/C44H50Cl2N10O4S/c1-54-39-29(24-35(41(54)57)33-8-3-4-9-37(33)45)26-49-44(53-39)51-32-14-18-56(19-15-32)20-22-61(59,60)21-6-5-7-28-10-11-38(46)34(23-28)36-25-30-27-48-43(50-31-12-16-47-17-13-31)52-40(30)55(2)42(36)58/h3-4,8-11,23-27,31-32,47H,5-7,12-22H2,1-2H3,(H,48,50,52)(H,49,51,53). The second-order valence-corrected chi connectivity index (χ2v) is 19.2. The van der Waals surface area contributed by atoms with Gasteiger partial charge < -0.3 is 20.9 Å². The van der Waals surface area contributed by atoms with Crippen molar-refractivity contribution in [2.75, 3.05) is 54.9 Å². The summed E-state index contributed by atoms with van der Waals surface area (Å²) in [4.78, 5) is 47.5. The fourth-order valence-corrected chi connectivity index (χ4v) is 10.1. The number of aromatic nitrogens is 6. The molecule has 0 spiro atoms. The van der Waals surface area contributed by atoms with Crippen LogP contribution >= 0.6 is 23.2 Å². The minimum absolute atomic E-state index is 0.110. The number of halogens is 2. The summed E-state index contributed by atoms with van der Waals surface area (Å²) in [6.45, 7) is 3.88. The van der Waals surface area contributed by atoms with Crippen molar-refractivity contribution < 1.29 is 8.42 Å². The Kier molecular flexibility index (Phi) is 13.0. The lowest BCUT2D eigenvalue weighted by atomic mass is 10.0. The number of piperidine rings is 2. The van der Waals surface area contributed by atoms with E-state index in [1.807, 2.05) is 30.3 Å². The molecule has 0 atom stereocenters. The van der Waals surface area contributed by atoms with Crippen LogP contribution in [0.5, 0.6) is 0 Å². The van der Waals surface area contributed by atoms with E-state index in [1.54, 1.807) is 55.3 Å². The van der Waals surface area contributed by atoms with Crippen molar-refractivity contribution in [1.29, 1.82) is 0 Å². The highest BCUT2D eigenvalue weighted by atomic mass is 35.5. The van der Waals surface area contributed by atoms with Gasteiger partial charge in [0.25, 0.3) is 11.1 Å². The van der Waals surface area contributed by atoms with E-state index in [9.17, 15) is 18.0 Å². The zero-order chi connectivity index (χ0) is 42.7. The molecule has 2 aliphatic heterocycles. The van der Waals surface area contributed by atoms with Crippen LogP contribution < -0.4 is 27.1 Å². The molecular formula is C44H50Cl2N10O4S. The first-order valence-electron chi connectivity index (χ1n) is 20.9. The highest BCUT2D eigenvalue weighted by Gasteiger charge is 2.23. The molecule has 3 N–H and O–H groups in total. The molecule has 8 rings (SSSR count). The smallest absolute Gasteiger partial charge is 0.259 e. The molecule has 6 aromatic rings. The number of nitrogens with one attached hydrogen (secondary N) is 3. The number of rotatable bonds is 14. The molecule has 0 radical (unpaired) electrons. The normalized spacial score (nSPS) is 15.7. The summed E-state index contributed by atoms with van der Waals surface area (Å²) >= 11 is 13.0. The number of anilines is 2. The molecule has 0 saturated carbocycles. The predicted octanol–water partition coefficient (Wildman–Crippen LogP) is 6.09. The second-order valence-electron chi connectivity index (χ2n) is 16.1. The molecule has 0 aliphatic carbocycles. The summed E-state index contributed by atoms with van der Waals surface area (Å²) in [6.07, 6.45) is 8.91. The van der Waals surface area contributed by atoms with Crippen molar-refractivity contribution in [3.8, 4) is 22.3 Å². The number of hydrogen-bond acceptors (Lipinski definition) is 12. The fraction of sp³-hybridized carbons (Fsp3) is 0.409. The molecule has 0 bridgehead atoms. The Morgan fingerprint density at radius 1 is 0.705 bits per heavy atom. The van der Waals surface area contributed by atoms with Crippen molar-refractivity contribution in [3.05, 3.63) is 103 Å². The van der Waals surface area contributed by atoms with Gasteiger partial charge in [-0.15, -0.1) is 0 Å². The van der Waals surface area contributed by atoms with Gasteiger partial charge in [0.15, 0.2) is 9.84 Å². The van der Waals surface area contributed by atoms with Crippen molar-refractivity contribution in [3.63, 3.8) is 0 Å². The fourth-order valence-electron chi connectivity index (χ4n) is 8.29. The van der Waals surface area contributed by atoms with Gasteiger partial charge in [0.1, 0.15) is 11.3 Å². The van der Waals surface area contributed by atoms with E-state index in [2.05, 4.69) is 40.8 Å². The Labute approximate surface area is 364 Å². The Bertz CT molecular complexity index is 2800. The Balaban J connectivity index is 0.805. The van der Waals surface area contributed by atoms with Crippen LogP contribution in [0.15, 0.2) is 76.6 Å². The van der Waals surface area contributed by atoms with Gasteiger partial charge in [0, 0.05) is 101 Å². The molecule has 2 aromatic carbocycles. The van der Waals surface area contributed by atoms with Gasteiger partial charge in [-0.25, -0.2) is 18.4 Å². The van der Waals surface area contributed by atoms with Crippen LogP contribution in [0, 0.1) is 0 Å². The zero-order valence-corrected chi connectivity index (χ0v) is 36.7. The molecule has 2 aliphatic rings. The molecule has 320 valence electrons. The maximum absolute atomic E-state index is 13.6. The van der Waals surface area contributed by atoms with E-state index >= 15 is 0 Å². The third-order valence-corrected chi connectivity index (χ3v) is 14.2. The number of fused-ring (bicyclic) bond motifs is 2. The molecule has 0 amide bonds. The van der Waals surface area contributed by atoms with E-state index in [0.717, 1.165) is 68.2 Å². The van der Waals surface area contributed by atoms with E-state index in [-0.39, 0.29) is 34.7 Å². The molecule has 2 saturated heterocycles. The topological polar surface area (TPSA) is 169 Å². The first kappa shape index (κ1) is 42.7. The number of pyridine rings is 2. The van der Waals surface area contributed by atoms with E-state index in [1.165, 1.54) is 4.57 Å². The van der Waals surface area contributed by atoms with Gasteiger partial charge in [-0.1, -0.05) is 47.5 Å². The molecular weight excluding hydrogens is 836 g/mol. The molecule has 61 heavy (non-hydrogen) atoms. The van der Waals surface area contributed by atoms with Crippen LogP contribution in [0.25, 0.3) is 44.3 Å². The Morgan fingerprint density at radius 3 is 1.90 bits per heavy atom. The van der Waals surface area contributed by atoms with Gasteiger partial charge in [-0.2, -0.15) is 9.97 Å². The number of hydrogen-bond donors (Lipinski definition) is 3. The van der Waals surface area contributed by atoms with Crippen LogP contribution in [0.3, 0.4) is 0 Å². The zero-order valence-electron chi connectivity index (χ0n) is 34.3. The van der Waals surface area contributed by atoms with Crippen molar-refractivity contribution in [1.82, 2.24) is 39.3 Å². The quantitative estimate of drug-likeness (QED) is 0.108. The average molecular weight is 886 g/mol. The van der Waals surface area contributed by atoms with E-state index < -0.39 is 9.84 Å². The molecule has 0 unspecified atom stereocenters. The summed E-state index contributed by atoms with van der Waals surface area (Å²) < 4.78 is 29.2. The van der Waals surface area contributed by atoms with E-state index in [4.69, 9.17) is 23.2 Å². The van der Waals surface area contributed by atoms with Gasteiger partial charge in [0.2, 0.25) is 11.9 Å². The van der Waals surface area contributed by atoms with Crippen LogP contribution in [0.2, 0.25) is 10.0 Å². The highest BCUT2D eigenvalue weighted by Crippen LogP contribution is 2.30. The number of nitrogens with zero attached hydrogens (tertiary/aromatic N) is 7. The van der Waals surface area contributed by atoms with Crippen molar-refractivity contribution >= 4 is 67.0 Å². The van der Waals surface area contributed by atoms with Crippen LogP contribution in [0.4, 0.5) is 11.9 Å². The summed E-state index contributed by atoms with van der Waals surface area (Å²) in [6, 6.07) is 16.9. The Morgan fingerprint density at radius 2 is 1.28 bits per heavy atom. The largest absolute Gasteiger partial charge is 0.351 e. The maximum Gasteiger partial charge on any atom is 0.259 e. The van der Waals surface area contributed by atoms with E-state index in [0.29, 0.717) is 81.3 Å². The number of sulfone groups is 1. The first-order chi connectivity index (χ1) is 29.4. The van der Waals surface area contributed by atoms with Gasteiger partial charge in [-0.3, -0.25) is 18.7 Å². The van der Waals surface area contributed by atoms with Crippen molar-refractivity contribution in [2.45, 2.75) is 57.0 Å². The minimum atomic E-state index is -3.25. The minimum Gasteiger partial charge on any atom is -0.351 e. The summed E-state index contributed by atoms with van der Waals surface area (Å²) in [5, 5.41) is 12.6. The van der Waals surface area contributed by atoms with Crippen LogP contribution in [0.1, 0.15) is 44.1 Å². The summed E-state index contributed by atoms with van der Waals surface area (Å²) in [7, 11) is 0.158. The van der Waals surface area contributed by atoms with Gasteiger partial charge in [0.05, 0.1) is 11.5 Å². The summed E-state index contributed by atoms with van der Waals surface area (Å²) in [5.74, 6) is 1.19. The molecule has 2 fully saturated rings. The lowest BCUT2D eigenvalue weighted by Crippen LogP contribution is -2.41. The third-order valence-electron chi connectivity index (χ3n) is 11.9. The highest BCUT2D eigenvalue weighted by molar-refractivity contribution is 7.91. The monoisotopic (exact) mass is 884 g/mol. The van der Waals surface area contributed by atoms with Gasteiger partial charge >= 0.3 is 0 Å². The van der Waals surface area contributed by atoms with Gasteiger partial charge in [-0.05, 0) is 93.9 Å². The lowest BCUT2D eigenvalue weighted by molar-refractivity contribution is 0.230. The Hall–Kier alpha value is -4.93. The number of benzene rings is 2. The second kappa shape index (κ2) is 18.6. The number of likely N-dealkylation sites (tertiary alicyclic amines) is 1. The average Bonchev–Trinajstić information content (AvgIpc) is 3.26. The third kappa shape index (κ3) is 9.92. The summed E-state index contributed by atoms with van der Waals surface area (Å²) in [5.41, 5.74) is 3.90. The van der Waals surface area contributed by atoms with Crippen LogP contribution in [-0.4, -0.2) is 98.7 Å². The molecule has 4 aromatic heterocycles. The number of aryl methyl sites for hydroxylation is 3.